The predicted molar refractivity (Wildman–Crippen MR) is 135 cm³/mol. The lowest BCUT2D eigenvalue weighted by Crippen LogP contribution is -2.43. The zero-order valence-corrected chi connectivity index (χ0v) is 20.3. The van der Waals surface area contributed by atoms with E-state index in [9.17, 15) is 0 Å². The molecule has 8 heteroatoms. The Bertz CT molecular complexity index is 1410. The first-order chi connectivity index (χ1) is 17.1. The second-order valence-electron chi connectivity index (χ2n) is 9.28. The molecular weight excluding hydrogens is 467 g/mol. The number of benzene rings is 2. The van der Waals surface area contributed by atoms with E-state index in [0.29, 0.717) is 29.2 Å². The van der Waals surface area contributed by atoms with Gasteiger partial charge in [0.05, 0.1) is 17.5 Å². The summed E-state index contributed by atoms with van der Waals surface area (Å²) >= 11 is 6.50. The number of pyridine rings is 1. The molecule has 0 spiro atoms. The summed E-state index contributed by atoms with van der Waals surface area (Å²) in [7, 11) is 0. The molecule has 0 amide bonds. The molecule has 6 nitrogen and oxygen atoms in total. The highest BCUT2D eigenvalue weighted by Crippen LogP contribution is 2.40. The number of ether oxygens (including phenoxy) is 2. The summed E-state index contributed by atoms with van der Waals surface area (Å²) in [4.78, 5) is 15.9. The SMILES string of the molecule is CCOc1nc(OCC23CCCN2CCC3)nc2c(F)c(-c3cccc4cccc(Cl)c34)ncc12. The van der Waals surface area contributed by atoms with Crippen LogP contribution < -0.4 is 9.47 Å². The zero-order chi connectivity index (χ0) is 24.0. The lowest BCUT2D eigenvalue weighted by Gasteiger charge is -2.31. The number of halogens is 2. The summed E-state index contributed by atoms with van der Waals surface area (Å²) in [6.45, 7) is 4.93. The summed E-state index contributed by atoms with van der Waals surface area (Å²) in [5, 5.41) is 2.61. The molecule has 2 aromatic heterocycles. The van der Waals surface area contributed by atoms with E-state index >= 15 is 4.39 Å². The van der Waals surface area contributed by atoms with Gasteiger partial charge in [-0.1, -0.05) is 41.9 Å². The minimum absolute atomic E-state index is 0.0335. The van der Waals surface area contributed by atoms with Crippen LogP contribution in [0.3, 0.4) is 0 Å². The molecule has 35 heavy (non-hydrogen) atoms. The summed E-state index contributed by atoms with van der Waals surface area (Å²) in [5.74, 6) is -0.279. The van der Waals surface area contributed by atoms with Crippen LogP contribution >= 0.6 is 11.6 Å². The first-order valence-electron chi connectivity index (χ1n) is 12.1. The molecule has 2 aliphatic rings. The number of hydrogen-bond acceptors (Lipinski definition) is 6. The van der Waals surface area contributed by atoms with E-state index in [1.807, 2.05) is 37.3 Å². The van der Waals surface area contributed by atoms with Crippen molar-refractivity contribution in [3.8, 4) is 23.1 Å². The Hall–Kier alpha value is -3.03. The molecule has 2 fully saturated rings. The van der Waals surface area contributed by atoms with Gasteiger partial charge in [-0.15, -0.1) is 0 Å². The molecule has 4 heterocycles. The first kappa shape index (κ1) is 22.4. The number of aromatic nitrogens is 3. The Morgan fingerprint density at radius 2 is 1.83 bits per heavy atom. The summed E-state index contributed by atoms with van der Waals surface area (Å²) in [5.41, 5.74) is 0.948. The molecule has 4 aromatic rings. The third kappa shape index (κ3) is 3.78. The Morgan fingerprint density at radius 1 is 1.06 bits per heavy atom. The van der Waals surface area contributed by atoms with E-state index in [2.05, 4.69) is 19.9 Å². The summed E-state index contributed by atoms with van der Waals surface area (Å²) in [6, 6.07) is 11.4. The first-order valence-corrected chi connectivity index (χ1v) is 12.5. The molecule has 0 atom stereocenters. The lowest BCUT2D eigenvalue weighted by atomic mass is 9.95. The van der Waals surface area contributed by atoms with Crippen molar-refractivity contribution in [2.75, 3.05) is 26.3 Å². The maximum absolute atomic E-state index is 16.1. The smallest absolute Gasteiger partial charge is 0.320 e. The van der Waals surface area contributed by atoms with Crippen molar-refractivity contribution < 1.29 is 13.9 Å². The van der Waals surface area contributed by atoms with Crippen molar-refractivity contribution in [2.45, 2.75) is 38.1 Å². The molecule has 2 aromatic carbocycles. The highest BCUT2D eigenvalue weighted by molar-refractivity contribution is 6.36. The van der Waals surface area contributed by atoms with Gasteiger partial charge in [-0.2, -0.15) is 9.97 Å². The maximum Gasteiger partial charge on any atom is 0.320 e. The van der Waals surface area contributed by atoms with Gasteiger partial charge in [0.2, 0.25) is 5.88 Å². The van der Waals surface area contributed by atoms with Crippen LogP contribution in [-0.2, 0) is 0 Å². The van der Waals surface area contributed by atoms with Gasteiger partial charge < -0.3 is 9.47 Å². The van der Waals surface area contributed by atoms with Crippen molar-refractivity contribution in [2.24, 2.45) is 0 Å². The van der Waals surface area contributed by atoms with E-state index in [1.54, 1.807) is 12.3 Å². The van der Waals surface area contributed by atoms with Crippen molar-refractivity contribution in [1.82, 2.24) is 19.9 Å². The average Bonchev–Trinajstić information content (AvgIpc) is 3.44. The van der Waals surface area contributed by atoms with Gasteiger partial charge in [0.15, 0.2) is 5.82 Å². The third-order valence-corrected chi connectivity index (χ3v) is 7.61. The van der Waals surface area contributed by atoms with Crippen molar-refractivity contribution >= 4 is 33.3 Å². The molecule has 0 saturated carbocycles. The van der Waals surface area contributed by atoms with Gasteiger partial charge in [-0.25, -0.2) is 4.39 Å². The number of rotatable bonds is 6. The Balaban J connectivity index is 1.45. The minimum Gasteiger partial charge on any atom is -0.477 e. The molecule has 0 aliphatic carbocycles. The highest BCUT2D eigenvalue weighted by atomic mass is 35.5. The molecule has 0 unspecified atom stereocenters. The number of hydrogen-bond donors (Lipinski definition) is 0. The van der Waals surface area contributed by atoms with Crippen LogP contribution in [0.15, 0.2) is 42.6 Å². The predicted octanol–water partition coefficient (Wildman–Crippen LogP) is 6.04. The average molecular weight is 493 g/mol. The van der Waals surface area contributed by atoms with E-state index in [0.717, 1.165) is 36.7 Å². The summed E-state index contributed by atoms with van der Waals surface area (Å²) in [6.07, 6.45) is 6.10. The number of fused-ring (bicyclic) bond motifs is 3. The third-order valence-electron chi connectivity index (χ3n) is 7.30. The monoisotopic (exact) mass is 492 g/mol. The van der Waals surface area contributed by atoms with Crippen LogP contribution in [0.25, 0.3) is 32.9 Å². The van der Waals surface area contributed by atoms with E-state index in [1.165, 1.54) is 12.8 Å². The van der Waals surface area contributed by atoms with E-state index < -0.39 is 5.82 Å². The largest absolute Gasteiger partial charge is 0.477 e. The zero-order valence-electron chi connectivity index (χ0n) is 19.6. The second kappa shape index (κ2) is 8.88. The highest BCUT2D eigenvalue weighted by Gasteiger charge is 2.45. The quantitative estimate of drug-likeness (QED) is 0.327. The fraction of sp³-hybridized carbons (Fsp3) is 0.370. The van der Waals surface area contributed by atoms with Crippen molar-refractivity contribution in [1.29, 1.82) is 0 Å². The van der Waals surface area contributed by atoms with E-state index in [-0.39, 0.29) is 28.6 Å². The van der Waals surface area contributed by atoms with Gasteiger partial charge in [0.1, 0.15) is 17.8 Å². The van der Waals surface area contributed by atoms with Gasteiger partial charge >= 0.3 is 6.01 Å². The van der Waals surface area contributed by atoms with E-state index in [4.69, 9.17) is 21.1 Å². The fourth-order valence-corrected chi connectivity index (χ4v) is 5.95. The Kier molecular flexibility index (Phi) is 5.69. The topological polar surface area (TPSA) is 60.4 Å². The Labute approximate surface area is 208 Å². The van der Waals surface area contributed by atoms with Crippen molar-refractivity contribution in [3.05, 3.63) is 53.4 Å². The van der Waals surface area contributed by atoms with Gasteiger partial charge in [0, 0.05) is 22.2 Å². The minimum atomic E-state index is -0.551. The van der Waals surface area contributed by atoms with Gasteiger partial charge in [-0.3, -0.25) is 9.88 Å². The standard InChI is InChI=1S/C27H26ClFN4O2/c1-2-34-25-19-15-30-23(18-9-3-7-17-8-4-10-20(28)21(17)18)22(29)24(19)31-26(32-25)35-16-27-11-5-13-33(27)14-6-12-27/h3-4,7-10,15H,2,5-6,11-14,16H2,1H3. The lowest BCUT2D eigenvalue weighted by molar-refractivity contribution is 0.107. The van der Waals surface area contributed by atoms with Crippen LogP contribution in [0.1, 0.15) is 32.6 Å². The van der Waals surface area contributed by atoms with Gasteiger partial charge in [-0.05, 0) is 57.1 Å². The van der Waals surface area contributed by atoms with Crippen LogP contribution in [0, 0.1) is 5.82 Å². The van der Waals surface area contributed by atoms with Crippen LogP contribution in [0.2, 0.25) is 5.02 Å². The number of nitrogens with zero attached hydrogens (tertiary/aromatic N) is 4. The molecule has 0 N–H and O–H groups in total. The van der Waals surface area contributed by atoms with Gasteiger partial charge in [0.25, 0.3) is 0 Å². The molecule has 6 rings (SSSR count). The molecule has 0 radical (unpaired) electrons. The molecule has 2 saturated heterocycles. The molecule has 2 aliphatic heterocycles. The molecular formula is C27H26ClFN4O2. The summed E-state index contributed by atoms with van der Waals surface area (Å²) < 4.78 is 27.9. The molecule has 0 bridgehead atoms. The Morgan fingerprint density at radius 3 is 2.60 bits per heavy atom. The second-order valence-corrected chi connectivity index (χ2v) is 9.69. The van der Waals surface area contributed by atoms with Crippen LogP contribution in [0.4, 0.5) is 4.39 Å². The fourth-order valence-electron chi connectivity index (χ4n) is 5.66. The van der Waals surface area contributed by atoms with Crippen LogP contribution in [-0.4, -0.2) is 51.7 Å². The molecule has 180 valence electrons. The van der Waals surface area contributed by atoms with Crippen molar-refractivity contribution in [3.63, 3.8) is 0 Å². The maximum atomic E-state index is 16.1. The normalized spacial score (nSPS) is 17.2. The van der Waals surface area contributed by atoms with Crippen LogP contribution in [0.5, 0.6) is 11.9 Å².